The Hall–Kier alpha value is -2.08. The molecular weight excluding hydrogens is 294 g/mol. The predicted molar refractivity (Wildman–Crippen MR) is 87.6 cm³/mol. The fraction of sp³-hybridized carbons (Fsp3) is 0.529. The third kappa shape index (κ3) is 5.90. The van der Waals surface area contributed by atoms with Gasteiger partial charge in [-0.3, -0.25) is 4.79 Å². The van der Waals surface area contributed by atoms with Crippen molar-refractivity contribution in [1.29, 1.82) is 0 Å². The highest BCUT2D eigenvalue weighted by atomic mass is 16.5. The molecule has 1 unspecified atom stereocenters. The number of amides is 2. The highest BCUT2D eigenvalue weighted by Gasteiger charge is 2.24. The summed E-state index contributed by atoms with van der Waals surface area (Å²) < 4.78 is 5.22. The molecule has 1 atom stereocenters. The number of nitrogens with one attached hydrogen (secondary N) is 2. The van der Waals surface area contributed by atoms with Gasteiger partial charge in [0.25, 0.3) is 0 Å². The summed E-state index contributed by atoms with van der Waals surface area (Å²) in [5, 5.41) is 5.82. The lowest BCUT2D eigenvalue weighted by atomic mass is 9.91. The summed E-state index contributed by atoms with van der Waals surface area (Å²) in [4.78, 5) is 23.4. The van der Waals surface area contributed by atoms with Crippen LogP contribution in [0.25, 0.3) is 0 Å². The molecule has 1 aromatic rings. The van der Waals surface area contributed by atoms with Crippen LogP contribution in [0, 0.1) is 0 Å². The molecule has 6 nitrogen and oxygen atoms in total. The minimum absolute atomic E-state index is 0.0988. The van der Waals surface area contributed by atoms with E-state index in [1.165, 1.54) is 0 Å². The molecule has 1 aliphatic carbocycles. The largest absolute Gasteiger partial charge is 0.445 e. The first-order valence-corrected chi connectivity index (χ1v) is 8.07. The molecule has 1 aromatic carbocycles. The van der Waals surface area contributed by atoms with E-state index in [1.807, 2.05) is 30.3 Å². The number of alkyl carbamates (subject to hydrolysis) is 1. The van der Waals surface area contributed by atoms with E-state index in [-0.39, 0.29) is 24.6 Å². The van der Waals surface area contributed by atoms with E-state index in [1.54, 1.807) is 6.92 Å². The summed E-state index contributed by atoms with van der Waals surface area (Å²) in [5.41, 5.74) is 6.50. The second-order valence-corrected chi connectivity index (χ2v) is 6.05. The molecule has 2 rings (SSSR count). The van der Waals surface area contributed by atoms with Gasteiger partial charge >= 0.3 is 6.09 Å². The van der Waals surface area contributed by atoms with E-state index in [2.05, 4.69) is 10.6 Å². The van der Waals surface area contributed by atoms with Crippen molar-refractivity contribution in [3.8, 4) is 0 Å². The van der Waals surface area contributed by atoms with Crippen molar-refractivity contribution < 1.29 is 14.3 Å². The first-order chi connectivity index (χ1) is 11.0. The topological polar surface area (TPSA) is 93.5 Å². The fourth-order valence-electron chi connectivity index (χ4n) is 2.65. The van der Waals surface area contributed by atoms with E-state index >= 15 is 0 Å². The summed E-state index contributed by atoms with van der Waals surface area (Å²) in [6, 6.07) is 9.33. The molecule has 0 spiro atoms. The molecular formula is C17H25N3O3. The van der Waals surface area contributed by atoms with Crippen LogP contribution in [0.4, 0.5) is 4.79 Å². The monoisotopic (exact) mass is 319 g/mol. The number of benzene rings is 1. The van der Waals surface area contributed by atoms with Gasteiger partial charge in [-0.1, -0.05) is 30.3 Å². The van der Waals surface area contributed by atoms with Gasteiger partial charge in [0.15, 0.2) is 0 Å². The summed E-state index contributed by atoms with van der Waals surface area (Å²) >= 11 is 0. The molecule has 2 amide bonds. The average molecular weight is 319 g/mol. The third-order valence-corrected chi connectivity index (χ3v) is 4.02. The van der Waals surface area contributed by atoms with E-state index in [4.69, 9.17) is 10.5 Å². The SMILES string of the molecule is CC(N)C(=O)NC1CCC(NC(=O)OCc2ccccc2)CC1. The zero-order valence-corrected chi connectivity index (χ0v) is 13.5. The molecule has 0 heterocycles. The lowest BCUT2D eigenvalue weighted by Crippen LogP contribution is -2.47. The van der Waals surface area contributed by atoms with Crippen LogP contribution in [0.3, 0.4) is 0 Å². The van der Waals surface area contributed by atoms with Crippen LogP contribution < -0.4 is 16.4 Å². The second kappa shape index (κ2) is 8.53. The predicted octanol–water partition coefficient (Wildman–Crippen LogP) is 1.69. The smallest absolute Gasteiger partial charge is 0.407 e. The van der Waals surface area contributed by atoms with E-state index in [0.29, 0.717) is 0 Å². The number of hydrogen-bond donors (Lipinski definition) is 3. The third-order valence-electron chi connectivity index (χ3n) is 4.02. The number of rotatable bonds is 5. The Bertz CT molecular complexity index is 511. The molecule has 1 saturated carbocycles. The molecule has 126 valence electrons. The lowest BCUT2D eigenvalue weighted by Gasteiger charge is -2.29. The molecule has 0 radical (unpaired) electrons. The van der Waals surface area contributed by atoms with Gasteiger partial charge in [-0.25, -0.2) is 4.79 Å². The summed E-state index contributed by atoms with van der Waals surface area (Å²) in [5.74, 6) is -0.122. The zero-order chi connectivity index (χ0) is 16.7. The van der Waals surface area contributed by atoms with Crippen molar-refractivity contribution in [1.82, 2.24) is 10.6 Å². The molecule has 0 aromatic heterocycles. The Balaban J connectivity index is 1.65. The number of carbonyl (C=O) groups is 2. The second-order valence-electron chi connectivity index (χ2n) is 6.05. The van der Waals surface area contributed by atoms with E-state index in [9.17, 15) is 9.59 Å². The summed E-state index contributed by atoms with van der Waals surface area (Å²) in [7, 11) is 0. The average Bonchev–Trinajstić information content (AvgIpc) is 2.55. The summed E-state index contributed by atoms with van der Waals surface area (Å²) in [6.45, 7) is 1.94. The number of ether oxygens (including phenoxy) is 1. The number of nitrogens with two attached hydrogens (primary N) is 1. The van der Waals surface area contributed by atoms with Gasteiger partial charge in [0.2, 0.25) is 5.91 Å². The molecule has 1 fully saturated rings. The van der Waals surface area contributed by atoms with Crippen LogP contribution in [0.5, 0.6) is 0 Å². The molecule has 6 heteroatoms. The van der Waals surface area contributed by atoms with Crippen LogP contribution in [0.1, 0.15) is 38.2 Å². The van der Waals surface area contributed by atoms with Crippen LogP contribution in [-0.2, 0) is 16.1 Å². The molecule has 0 aliphatic heterocycles. The minimum atomic E-state index is -0.487. The van der Waals surface area contributed by atoms with Crippen molar-refractivity contribution in [2.45, 2.75) is 57.3 Å². The Morgan fingerprint density at radius 2 is 1.70 bits per heavy atom. The van der Waals surface area contributed by atoms with Gasteiger partial charge in [0.05, 0.1) is 6.04 Å². The van der Waals surface area contributed by atoms with Crippen molar-refractivity contribution in [3.05, 3.63) is 35.9 Å². The van der Waals surface area contributed by atoms with Crippen LogP contribution in [0.2, 0.25) is 0 Å². The zero-order valence-electron chi connectivity index (χ0n) is 13.5. The highest BCUT2D eigenvalue weighted by molar-refractivity contribution is 5.81. The number of carbonyl (C=O) groups excluding carboxylic acids is 2. The highest BCUT2D eigenvalue weighted by Crippen LogP contribution is 2.19. The van der Waals surface area contributed by atoms with Gasteiger partial charge in [0, 0.05) is 12.1 Å². The Kier molecular flexibility index (Phi) is 6.40. The van der Waals surface area contributed by atoms with Gasteiger partial charge in [-0.2, -0.15) is 0 Å². The van der Waals surface area contributed by atoms with Crippen molar-refractivity contribution in [2.24, 2.45) is 5.73 Å². The Morgan fingerprint density at radius 1 is 1.13 bits per heavy atom. The quantitative estimate of drug-likeness (QED) is 0.770. The Morgan fingerprint density at radius 3 is 2.26 bits per heavy atom. The maximum Gasteiger partial charge on any atom is 0.407 e. The maximum absolute atomic E-state index is 11.8. The van der Waals surface area contributed by atoms with E-state index in [0.717, 1.165) is 31.2 Å². The van der Waals surface area contributed by atoms with Crippen LogP contribution >= 0.6 is 0 Å². The molecule has 0 bridgehead atoms. The summed E-state index contributed by atoms with van der Waals surface area (Å²) in [6.07, 6.45) is 2.93. The van der Waals surface area contributed by atoms with Crippen molar-refractivity contribution >= 4 is 12.0 Å². The van der Waals surface area contributed by atoms with Crippen molar-refractivity contribution in [2.75, 3.05) is 0 Å². The first-order valence-electron chi connectivity index (χ1n) is 8.07. The van der Waals surface area contributed by atoms with Crippen LogP contribution in [0.15, 0.2) is 30.3 Å². The fourth-order valence-corrected chi connectivity index (χ4v) is 2.65. The van der Waals surface area contributed by atoms with Gasteiger partial charge < -0.3 is 21.1 Å². The lowest BCUT2D eigenvalue weighted by molar-refractivity contribution is -0.122. The number of hydrogen-bond acceptors (Lipinski definition) is 4. The van der Waals surface area contributed by atoms with Gasteiger partial charge in [-0.15, -0.1) is 0 Å². The standard InChI is InChI=1S/C17H25N3O3/c1-12(18)16(21)19-14-7-9-15(10-8-14)20-17(22)23-11-13-5-3-2-4-6-13/h2-6,12,14-15H,7-11,18H2,1H3,(H,19,21)(H,20,22). The molecule has 23 heavy (non-hydrogen) atoms. The van der Waals surface area contributed by atoms with Crippen molar-refractivity contribution in [3.63, 3.8) is 0 Å². The van der Waals surface area contributed by atoms with Gasteiger partial charge in [0.1, 0.15) is 6.61 Å². The van der Waals surface area contributed by atoms with E-state index < -0.39 is 12.1 Å². The maximum atomic E-state index is 11.8. The van der Waals surface area contributed by atoms with Gasteiger partial charge in [-0.05, 0) is 38.2 Å². The van der Waals surface area contributed by atoms with Crippen LogP contribution in [-0.4, -0.2) is 30.1 Å². The minimum Gasteiger partial charge on any atom is -0.445 e. The molecule has 0 saturated heterocycles. The molecule has 1 aliphatic rings. The molecule has 4 N–H and O–H groups in total. The first kappa shape index (κ1) is 17.3. The normalized spacial score (nSPS) is 22.0. The Labute approximate surface area is 136 Å².